The van der Waals surface area contributed by atoms with Crippen molar-refractivity contribution in [1.82, 2.24) is 10.3 Å². The van der Waals surface area contributed by atoms with Crippen molar-refractivity contribution in [3.05, 3.63) is 65.5 Å². The van der Waals surface area contributed by atoms with Crippen LogP contribution >= 0.6 is 0 Å². The van der Waals surface area contributed by atoms with Gasteiger partial charge in [0.2, 0.25) is 0 Å². The molecule has 0 radical (unpaired) electrons. The van der Waals surface area contributed by atoms with Gasteiger partial charge in [0.15, 0.2) is 0 Å². The number of hydrogen-bond donors (Lipinski definition) is 1. The molecule has 0 atom stereocenters. The smallest absolute Gasteiger partial charge is 0.0372 e. The number of nitrogens with zero attached hydrogens (tertiary/aromatic N) is 1. The number of hydrogen-bond acceptors (Lipinski definition) is 2. The van der Waals surface area contributed by atoms with Gasteiger partial charge in [-0.2, -0.15) is 0 Å². The lowest BCUT2D eigenvalue weighted by Crippen LogP contribution is -2.32. The summed E-state index contributed by atoms with van der Waals surface area (Å²) in [5, 5.41) is 3.52. The monoisotopic (exact) mass is 254 g/mol. The first-order valence-electron chi connectivity index (χ1n) is 6.76. The maximum atomic E-state index is 4.31. The highest BCUT2D eigenvalue weighted by Gasteiger charge is 2.19. The van der Waals surface area contributed by atoms with E-state index in [1.54, 1.807) is 0 Å². The Bertz CT molecular complexity index is 501. The molecule has 100 valence electrons. The lowest BCUT2D eigenvalue weighted by molar-refractivity contribution is 0.468. The van der Waals surface area contributed by atoms with Crippen molar-refractivity contribution >= 4 is 0 Å². The van der Waals surface area contributed by atoms with E-state index in [0.717, 1.165) is 18.8 Å². The lowest BCUT2D eigenvalue weighted by Gasteiger charge is -2.25. The molecule has 1 N–H and O–H groups in total. The minimum Gasteiger partial charge on any atom is -0.312 e. The number of nitrogens with one attached hydrogen (secondary N) is 1. The zero-order valence-electron chi connectivity index (χ0n) is 12.0. The third kappa shape index (κ3) is 3.90. The molecule has 0 saturated heterocycles. The molecule has 0 bridgehead atoms. The van der Waals surface area contributed by atoms with Crippen LogP contribution < -0.4 is 5.32 Å². The van der Waals surface area contributed by atoms with E-state index in [4.69, 9.17) is 0 Å². The van der Waals surface area contributed by atoms with E-state index in [9.17, 15) is 0 Å². The zero-order chi connectivity index (χ0) is 13.7. The van der Waals surface area contributed by atoms with Crippen molar-refractivity contribution in [2.45, 2.75) is 32.7 Å². The summed E-state index contributed by atoms with van der Waals surface area (Å²) in [6.07, 6.45) is 1.94. The van der Waals surface area contributed by atoms with Crippen LogP contribution in [0.5, 0.6) is 0 Å². The Balaban J connectivity index is 1.90. The zero-order valence-corrected chi connectivity index (χ0v) is 12.0. The van der Waals surface area contributed by atoms with Gasteiger partial charge in [-0.15, -0.1) is 0 Å². The predicted octanol–water partition coefficient (Wildman–Crippen LogP) is 3.46. The summed E-state index contributed by atoms with van der Waals surface area (Å²) in [6, 6.07) is 14.8. The van der Waals surface area contributed by atoms with Gasteiger partial charge in [0.05, 0.1) is 0 Å². The highest BCUT2D eigenvalue weighted by Crippen LogP contribution is 2.21. The topological polar surface area (TPSA) is 24.9 Å². The lowest BCUT2D eigenvalue weighted by atomic mass is 9.84. The molecule has 2 nitrogen and oxygen atoms in total. The van der Waals surface area contributed by atoms with Crippen molar-refractivity contribution in [3.63, 3.8) is 0 Å². The third-order valence-electron chi connectivity index (χ3n) is 3.42. The number of aryl methyl sites for hydroxylation is 1. The molecule has 0 unspecified atom stereocenters. The van der Waals surface area contributed by atoms with Crippen LogP contribution in [0.4, 0.5) is 0 Å². The van der Waals surface area contributed by atoms with Gasteiger partial charge in [-0.25, -0.2) is 0 Å². The molecule has 0 aliphatic rings. The Morgan fingerprint density at radius 2 is 1.79 bits per heavy atom. The Morgan fingerprint density at radius 3 is 2.42 bits per heavy atom. The molecule has 0 fully saturated rings. The van der Waals surface area contributed by atoms with Crippen molar-refractivity contribution in [2.24, 2.45) is 0 Å². The highest BCUT2D eigenvalue weighted by molar-refractivity contribution is 5.24. The Kier molecular flexibility index (Phi) is 4.33. The highest BCUT2D eigenvalue weighted by atomic mass is 14.9. The molecule has 1 heterocycles. The summed E-state index contributed by atoms with van der Waals surface area (Å²) < 4.78 is 0. The maximum absolute atomic E-state index is 4.31. The number of pyridine rings is 1. The predicted molar refractivity (Wildman–Crippen MR) is 80.1 cm³/mol. The molecule has 2 heteroatoms. The van der Waals surface area contributed by atoms with Crippen LogP contribution in [-0.2, 0) is 12.0 Å². The standard InChI is InChI=1S/C17H22N2/c1-14-9-10-15(12-19-14)11-18-13-17(2,3)16-7-5-4-6-8-16/h4-10,12,18H,11,13H2,1-3H3. The quantitative estimate of drug-likeness (QED) is 0.884. The fourth-order valence-corrected chi connectivity index (χ4v) is 2.11. The van der Waals surface area contributed by atoms with E-state index < -0.39 is 0 Å². The van der Waals surface area contributed by atoms with Gasteiger partial charge in [-0.3, -0.25) is 4.98 Å². The molecule has 0 saturated carbocycles. The van der Waals surface area contributed by atoms with Crippen LogP contribution in [0.25, 0.3) is 0 Å². The van der Waals surface area contributed by atoms with E-state index in [1.165, 1.54) is 11.1 Å². The molecule has 2 aromatic rings. The summed E-state index contributed by atoms with van der Waals surface area (Å²) in [6.45, 7) is 8.36. The summed E-state index contributed by atoms with van der Waals surface area (Å²) in [5.74, 6) is 0. The van der Waals surface area contributed by atoms with E-state index in [1.807, 2.05) is 13.1 Å². The Morgan fingerprint density at radius 1 is 1.05 bits per heavy atom. The minimum absolute atomic E-state index is 0.138. The summed E-state index contributed by atoms with van der Waals surface area (Å²) in [4.78, 5) is 4.31. The Labute approximate surface area is 115 Å². The van der Waals surface area contributed by atoms with Crippen molar-refractivity contribution in [2.75, 3.05) is 6.54 Å². The van der Waals surface area contributed by atoms with Crippen LogP contribution in [0, 0.1) is 6.92 Å². The van der Waals surface area contributed by atoms with Crippen molar-refractivity contribution in [1.29, 1.82) is 0 Å². The van der Waals surface area contributed by atoms with Gasteiger partial charge < -0.3 is 5.32 Å². The van der Waals surface area contributed by atoms with Gasteiger partial charge in [0.25, 0.3) is 0 Å². The maximum Gasteiger partial charge on any atom is 0.0372 e. The van der Waals surface area contributed by atoms with Gasteiger partial charge in [0.1, 0.15) is 0 Å². The second-order valence-electron chi connectivity index (χ2n) is 5.66. The van der Waals surface area contributed by atoms with Gasteiger partial charge in [-0.1, -0.05) is 50.2 Å². The normalized spacial score (nSPS) is 11.5. The van der Waals surface area contributed by atoms with Crippen molar-refractivity contribution in [3.8, 4) is 0 Å². The fraction of sp³-hybridized carbons (Fsp3) is 0.353. The molecule has 1 aromatic heterocycles. The van der Waals surface area contributed by atoms with Crippen molar-refractivity contribution < 1.29 is 0 Å². The second-order valence-corrected chi connectivity index (χ2v) is 5.66. The number of benzene rings is 1. The first-order chi connectivity index (χ1) is 9.08. The van der Waals surface area contributed by atoms with Crippen LogP contribution in [0.1, 0.15) is 30.7 Å². The number of rotatable bonds is 5. The summed E-state index contributed by atoms with van der Waals surface area (Å²) in [7, 11) is 0. The first-order valence-corrected chi connectivity index (χ1v) is 6.76. The first kappa shape index (κ1) is 13.8. The second kappa shape index (κ2) is 5.98. The molecule has 1 aromatic carbocycles. The molecule has 0 amide bonds. The molecular weight excluding hydrogens is 232 g/mol. The fourth-order valence-electron chi connectivity index (χ4n) is 2.11. The minimum atomic E-state index is 0.138. The largest absolute Gasteiger partial charge is 0.312 e. The van der Waals surface area contributed by atoms with Crippen LogP contribution in [-0.4, -0.2) is 11.5 Å². The third-order valence-corrected chi connectivity index (χ3v) is 3.42. The molecule has 0 aliphatic carbocycles. The van der Waals surface area contributed by atoms with Gasteiger partial charge >= 0.3 is 0 Å². The van der Waals surface area contributed by atoms with E-state index in [0.29, 0.717) is 0 Å². The van der Waals surface area contributed by atoms with E-state index in [-0.39, 0.29) is 5.41 Å². The van der Waals surface area contributed by atoms with E-state index in [2.05, 4.69) is 66.6 Å². The summed E-state index contributed by atoms with van der Waals surface area (Å²) in [5.41, 5.74) is 3.80. The van der Waals surface area contributed by atoms with Crippen LogP contribution in [0.3, 0.4) is 0 Å². The van der Waals surface area contributed by atoms with Crippen LogP contribution in [0.2, 0.25) is 0 Å². The average molecular weight is 254 g/mol. The molecular formula is C17H22N2. The van der Waals surface area contributed by atoms with Gasteiger partial charge in [-0.05, 0) is 24.1 Å². The SMILES string of the molecule is Cc1ccc(CNCC(C)(C)c2ccccc2)cn1. The van der Waals surface area contributed by atoms with Crippen LogP contribution in [0.15, 0.2) is 48.7 Å². The van der Waals surface area contributed by atoms with Gasteiger partial charge in [0, 0.05) is 30.4 Å². The summed E-state index contributed by atoms with van der Waals surface area (Å²) >= 11 is 0. The molecule has 2 rings (SSSR count). The molecule has 0 aliphatic heterocycles. The number of aromatic nitrogens is 1. The Hall–Kier alpha value is -1.67. The molecule has 19 heavy (non-hydrogen) atoms. The van der Waals surface area contributed by atoms with E-state index >= 15 is 0 Å². The average Bonchev–Trinajstić information content (AvgIpc) is 2.42. The molecule has 0 spiro atoms.